The molecule has 1 saturated carbocycles. The van der Waals surface area contributed by atoms with E-state index in [1.165, 1.54) is 0 Å². The molecule has 1 heterocycles. The maximum absolute atomic E-state index is 12.9. The largest absolute Gasteiger partial charge is 0.332 e. The van der Waals surface area contributed by atoms with Gasteiger partial charge in [0.05, 0.1) is 0 Å². The highest BCUT2D eigenvalue weighted by Gasteiger charge is 2.45. The molecular weight excluding hydrogens is 318 g/mol. The van der Waals surface area contributed by atoms with Crippen molar-refractivity contribution >= 4 is 17.8 Å². The van der Waals surface area contributed by atoms with Gasteiger partial charge in [-0.15, -0.1) is 0 Å². The van der Waals surface area contributed by atoms with Crippen LogP contribution >= 0.6 is 0 Å². The molecule has 1 aliphatic carbocycles. The van der Waals surface area contributed by atoms with Crippen molar-refractivity contribution in [3.63, 3.8) is 0 Å². The molecule has 4 amide bonds. The Kier molecular flexibility index (Phi) is 4.54. The van der Waals surface area contributed by atoms with Gasteiger partial charge in [0.1, 0.15) is 13.1 Å². The Morgan fingerprint density at radius 2 is 1.80 bits per heavy atom. The fraction of sp³-hybridized carbons (Fsp3) is 0.526. The number of hydrogen-bond donors (Lipinski definition) is 0. The van der Waals surface area contributed by atoms with Crippen LogP contribution in [0.2, 0.25) is 0 Å². The van der Waals surface area contributed by atoms with Gasteiger partial charge in [-0.2, -0.15) is 0 Å². The Hall–Kier alpha value is -2.37. The molecule has 0 radical (unpaired) electrons. The zero-order valence-electron chi connectivity index (χ0n) is 15.1. The zero-order chi connectivity index (χ0) is 18.2. The fourth-order valence-electron chi connectivity index (χ4n) is 3.07. The molecule has 1 aliphatic heterocycles. The van der Waals surface area contributed by atoms with E-state index in [0.29, 0.717) is 6.54 Å². The summed E-state index contributed by atoms with van der Waals surface area (Å²) in [6, 6.07) is 9.58. The lowest BCUT2D eigenvalue weighted by Crippen LogP contribution is -2.50. The maximum Gasteiger partial charge on any atom is 0.327 e. The van der Waals surface area contributed by atoms with E-state index in [9.17, 15) is 14.4 Å². The van der Waals surface area contributed by atoms with E-state index in [1.807, 2.05) is 51.1 Å². The SMILES string of the molecule is CC(C)(C)N(Cc1ccccc1)C(=O)CN1C(=O)CN(C2CC2)C1=O. The van der Waals surface area contributed by atoms with Crippen molar-refractivity contribution in [1.29, 1.82) is 0 Å². The summed E-state index contributed by atoms with van der Waals surface area (Å²) in [5.41, 5.74) is 0.610. The average Bonchev–Trinajstić information content (AvgIpc) is 3.35. The van der Waals surface area contributed by atoms with Crippen LogP contribution in [0.3, 0.4) is 0 Å². The molecule has 25 heavy (non-hydrogen) atoms. The second-order valence-corrected chi connectivity index (χ2v) is 7.76. The molecular formula is C19H25N3O3. The van der Waals surface area contributed by atoms with E-state index in [2.05, 4.69) is 0 Å². The first-order valence-corrected chi connectivity index (χ1v) is 8.73. The van der Waals surface area contributed by atoms with Crippen molar-refractivity contribution < 1.29 is 14.4 Å². The number of carbonyl (C=O) groups is 3. The molecule has 6 heteroatoms. The number of hydrogen-bond acceptors (Lipinski definition) is 3. The molecule has 0 unspecified atom stereocenters. The summed E-state index contributed by atoms with van der Waals surface area (Å²) < 4.78 is 0. The van der Waals surface area contributed by atoms with Crippen molar-refractivity contribution in [2.45, 2.75) is 51.7 Å². The molecule has 0 atom stereocenters. The molecule has 1 aromatic carbocycles. The third-order valence-corrected chi connectivity index (χ3v) is 4.66. The quantitative estimate of drug-likeness (QED) is 0.771. The lowest BCUT2D eigenvalue weighted by atomic mass is 10.0. The van der Waals surface area contributed by atoms with Crippen molar-refractivity contribution in [1.82, 2.24) is 14.7 Å². The second-order valence-electron chi connectivity index (χ2n) is 7.76. The van der Waals surface area contributed by atoms with Crippen LogP contribution in [-0.4, -0.2) is 57.2 Å². The molecule has 6 nitrogen and oxygen atoms in total. The monoisotopic (exact) mass is 343 g/mol. The number of rotatable bonds is 5. The van der Waals surface area contributed by atoms with Gasteiger partial charge in [-0.05, 0) is 39.2 Å². The summed E-state index contributed by atoms with van der Waals surface area (Å²) in [7, 11) is 0. The fourth-order valence-corrected chi connectivity index (χ4v) is 3.07. The van der Waals surface area contributed by atoms with Crippen molar-refractivity contribution in [3.05, 3.63) is 35.9 Å². The lowest BCUT2D eigenvalue weighted by molar-refractivity contribution is -0.140. The van der Waals surface area contributed by atoms with Crippen molar-refractivity contribution in [2.75, 3.05) is 13.1 Å². The van der Waals surface area contributed by atoms with E-state index >= 15 is 0 Å². The van der Waals surface area contributed by atoms with Gasteiger partial charge in [0.15, 0.2) is 0 Å². The molecule has 1 aromatic rings. The molecule has 0 bridgehead atoms. The Morgan fingerprint density at radius 3 is 2.36 bits per heavy atom. The number of urea groups is 1. The molecule has 0 N–H and O–H groups in total. The van der Waals surface area contributed by atoms with E-state index in [4.69, 9.17) is 0 Å². The second kappa shape index (κ2) is 6.50. The van der Waals surface area contributed by atoms with E-state index in [0.717, 1.165) is 23.3 Å². The first kappa shape index (κ1) is 17.5. The van der Waals surface area contributed by atoms with E-state index < -0.39 is 5.54 Å². The highest BCUT2D eigenvalue weighted by atomic mass is 16.2. The molecule has 0 spiro atoms. The molecule has 134 valence electrons. The Balaban J connectivity index is 1.72. The van der Waals surface area contributed by atoms with Crippen LogP contribution in [0.15, 0.2) is 30.3 Å². The van der Waals surface area contributed by atoms with Crippen LogP contribution < -0.4 is 0 Å². The van der Waals surface area contributed by atoms with Gasteiger partial charge in [-0.3, -0.25) is 14.5 Å². The standard InChI is InChI=1S/C19H25N3O3/c1-19(2,3)22(11-14-7-5-4-6-8-14)17(24)13-21-16(23)12-20(18(21)25)15-9-10-15/h4-8,15H,9-13H2,1-3H3. The smallest absolute Gasteiger partial charge is 0.327 e. The number of amides is 4. The Morgan fingerprint density at radius 1 is 1.16 bits per heavy atom. The third-order valence-electron chi connectivity index (χ3n) is 4.66. The van der Waals surface area contributed by atoms with Crippen LogP contribution in [0.4, 0.5) is 4.79 Å². The molecule has 2 fully saturated rings. The van der Waals surface area contributed by atoms with E-state index in [1.54, 1.807) is 9.80 Å². The highest BCUT2D eigenvalue weighted by molar-refractivity contribution is 6.04. The van der Waals surface area contributed by atoms with Crippen LogP contribution in [0, 0.1) is 0 Å². The molecule has 1 saturated heterocycles. The minimum atomic E-state index is -0.408. The highest BCUT2D eigenvalue weighted by Crippen LogP contribution is 2.30. The van der Waals surface area contributed by atoms with Gasteiger partial charge >= 0.3 is 6.03 Å². The average molecular weight is 343 g/mol. The first-order chi connectivity index (χ1) is 11.8. The predicted octanol–water partition coefficient (Wildman–Crippen LogP) is 2.24. The summed E-state index contributed by atoms with van der Waals surface area (Å²) in [6.45, 7) is 6.23. The van der Waals surface area contributed by atoms with Crippen LogP contribution in [0.5, 0.6) is 0 Å². The number of nitrogens with zero attached hydrogens (tertiary/aromatic N) is 3. The topological polar surface area (TPSA) is 60.9 Å². The Bertz CT molecular complexity index is 677. The van der Waals surface area contributed by atoms with E-state index in [-0.39, 0.29) is 37.0 Å². The minimum absolute atomic E-state index is 0.102. The van der Waals surface area contributed by atoms with Crippen molar-refractivity contribution in [3.8, 4) is 0 Å². The van der Waals surface area contributed by atoms with Crippen LogP contribution in [0.25, 0.3) is 0 Å². The molecule has 0 aromatic heterocycles. The maximum atomic E-state index is 12.9. The minimum Gasteiger partial charge on any atom is -0.332 e. The third kappa shape index (κ3) is 3.83. The van der Waals surface area contributed by atoms with Gasteiger partial charge in [0.2, 0.25) is 5.91 Å². The molecule has 2 aliphatic rings. The summed E-state index contributed by atoms with van der Waals surface area (Å²) in [6.07, 6.45) is 1.89. The Labute approximate surface area is 148 Å². The number of benzene rings is 1. The number of carbonyl (C=O) groups excluding carboxylic acids is 3. The summed E-state index contributed by atoms with van der Waals surface area (Å²) in [4.78, 5) is 41.9. The van der Waals surface area contributed by atoms with Gasteiger partial charge in [-0.25, -0.2) is 4.79 Å². The normalized spacial score (nSPS) is 18.0. The summed E-state index contributed by atoms with van der Waals surface area (Å²) in [5.74, 6) is -0.491. The predicted molar refractivity (Wildman–Crippen MR) is 93.6 cm³/mol. The number of imide groups is 1. The zero-order valence-corrected chi connectivity index (χ0v) is 15.1. The lowest BCUT2D eigenvalue weighted by Gasteiger charge is -2.36. The first-order valence-electron chi connectivity index (χ1n) is 8.73. The summed E-state index contributed by atoms with van der Waals surface area (Å²) in [5, 5.41) is 0. The van der Waals surface area contributed by atoms with Crippen molar-refractivity contribution in [2.24, 2.45) is 0 Å². The summed E-state index contributed by atoms with van der Waals surface area (Å²) >= 11 is 0. The van der Waals surface area contributed by atoms with Gasteiger partial charge in [-0.1, -0.05) is 30.3 Å². The van der Waals surface area contributed by atoms with Gasteiger partial charge in [0, 0.05) is 18.1 Å². The van der Waals surface area contributed by atoms with Crippen LogP contribution in [0.1, 0.15) is 39.2 Å². The van der Waals surface area contributed by atoms with Gasteiger partial charge in [0.25, 0.3) is 5.91 Å². The van der Waals surface area contributed by atoms with Gasteiger partial charge < -0.3 is 9.80 Å². The van der Waals surface area contributed by atoms with Crippen LogP contribution in [-0.2, 0) is 16.1 Å². The molecule has 3 rings (SSSR count).